The second kappa shape index (κ2) is 4.07. The smallest absolute Gasteiger partial charge is 0.231 e. The SMILES string of the molecule is CN1C(=O)CC(C)(c2scc(C#N)c2F)N=C1N. The van der Waals surface area contributed by atoms with E-state index in [2.05, 4.69) is 4.99 Å². The fraction of sp³-hybridized carbons (Fsp3) is 0.364. The molecule has 1 atom stereocenters. The molecule has 0 aliphatic carbocycles. The molecule has 1 aliphatic rings. The van der Waals surface area contributed by atoms with Crippen LogP contribution in [-0.4, -0.2) is 23.8 Å². The number of nitriles is 1. The Hall–Kier alpha value is -1.94. The number of hydrogen-bond acceptors (Lipinski definition) is 5. The van der Waals surface area contributed by atoms with Gasteiger partial charge in [0, 0.05) is 12.4 Å². The lowest BCUT2D eigenvalue weighted by Crippen LogP contribution is -2.47. The minimum absolute atomic E-state index is 0.0311. The fourth-order valence-corrected chi connectivity index (χ4v) is 2.80. The minimum Gasteiger partial charge on any atom is -0.369 e. The maximum Gasteiger partial charge on any atom is 0.231 e. The molecule has 0 fully saturated rings. The Bertz CT molecular complexity index is 588. The van der Waals surface area contributed by atoms with Crippen molar-refractivity contribution in [2.24, 2.45) is 10.7 Å². The van der Waals surface area contributed by atoms with E-state index in [-0.39, 0.29) is 28.7 Å². The first-order valence-electron chi connectivity index (χ1n) is 5.18. The Balaban J connectivity index is 2.53. The van der Waals surface area contributed by atoms with Crippen molar-refractivity contribution in [2.75, 3.05) is 7.05 Å². The summed E-state index contributed by atoms with van der Waals surface area (Å²) >= 11 is 1.08. The molecule has 0 spiro atoms. The van der Waals surface area contributed by atoms with Crippen LogP contribution in [0.3, 0.4) is 0 Å². The van der Waals surface area contributed by atoms with Crippen LogP contribution in [0.15, 0.2) is 10.4 Å². The zero-order chi connectivity index (χ0) is 13.5. The lowest BCUT2D eigenvalue weighted by Gasteiger charge is -2.32. The number of amides is 1. The summed E-state index contributed by atoms with van der Waals surface area (Å²) in [6, 6.07) is 1.76. The number of nitrogens with two attached hydrogens (primary N) is 1. The maximum atomic E-state index is 14.0. The number of rotatable bonds is 1. The van der Waals surface area contributed by atoms with Gasteiger partial charge in [-0.3, -0.25) is 9.69 Å². The third kappa shape index (κ3) is 1.75. The average Bonchev–Trinajstić information content (AvgIpc) is 2.68. The van der Waals surface area contributed by atoms with Crippen molar-refractivity contribution < 1.29 is 9.18 Å². The molecule has 7 heteroatoms. The highest BCUT2D eigenvalue weighted by molar-refractivity contribution is 7.10. The number of halogens is 1. The van der Waals surface area contributed by atoms with Gasteiger partial charge in [-0.2, -0.15) is 5.26 Å². The molecule has 0 radical (unpaired) electrons. The van der Waals surface area contributed by atoms with Crippen LogP contribution in [0.25, 0.3) is 0 Å². The van der Waals surface area contributed by atoms with Crippen molar-refractivity contribution in [2.45, 2.75) is 18.9 Å². The number of thiophene rings is 1. The highest BCUT2D eigenvalue weighted by Gasteiger charge is 2.39. The Morgan fingerprint density at radius 3 is 2.89 bits per heavy atom. The van der Waals surface area contributed by atoms with Gasteiger partial charge in [-0.15, -0.1) is 11.3 Å². The summed E-state index contributed by atoms with van der Waals surface area (Å²) in [6.45, 7) is 1.64. The van der Waals surface area contributed by atoms with Gasteiger partial charge in [0.2, 0.25) is 5.91 Å². The van der Waals surface area contributed by atoms with Gasteiger partial charge in [-0.25, -0.2) is 9.38 Å². The summed E-state index contributed by atoms with van der Waals surface area (Å²) in [7, 11) is 1.52. The van der Waals surface area contributed by atoms with Crippen molar-refractivity contribution in [1.29, 1.82) is 5.26 Å². The zero-order valence-corrected chi connectivity index (χ0v) is 10.7. The molecule has 0 aromatic carbocycles. The minimum atomic E-state index is -1.03. The number of carbonyl (C=O) groups excluding carboxylic acids is 1. The average molecular weight is 266 g/mol. The van der Waals surface area contributed by atoms with Crippen molar-refractivity contribution >= 4 is 23.2 Å². The third-order valence-corrected chi connectivity index (χ3v) is 4.12. The number of nitrogens with zero attached hydrogens (tertiary/aromatic N) is 3. The van der Waals surface area contributed by atoms with E-state index < -0.39 is 11.4 Å². The standard InChI is InChI=1S/C11H11FN4OS/c1-11(3-7(17)16(2)10(14)15-11)9-8(12)6(4-13)5-18-9/h5H,3H2,1-2H3,(H2,14,15). The highest BCUT2D eigenvalue weighted by atomic mass is 32.1. The largest absolute Gasteiger partial charge is 0.369 e. The quantitative estimate of drug-likeness (QED) is 0.827. The lowest BCUT2D eigenvalue weighted by molar-refractivity contribution is -0.128. The van der Waals surface area contributed by atoms with Crippen molar-refractivity contribution in [3.8, 4) is 6.07 Å². The number of guanidine groups is 1. The molecule has 2 N–H and O–H groups in total. The number of carbonyl (C=O) groups is 1. The van der Waals surface area contributed by atoms with Gasteiger partial charge in [0.25, 0.3) is 0 Å². The summed E-state index contributed by atoms with van der Waals surface area (Å²) in [6.07, 6.45) is 0.0342. The van der Waals surface area contributed by atoms with Crippen LogP contribution in [0.2, 0.25) is 0 Å². The number of hydrogen-bond donors (Lipinski definition) is 1. The molecule has 1 aromatic heterocycles. The molecular weight excluding hydrogens is 255 g/mol. The van der Waals surface area contributed by atoms with Crippen LogP contribution in [0, 0.1) is 17.1 Å². The van der Waals surface area contributed by atoms with Crippen LogP contribution in [0.5, 0.6) is 0 Å². The van der Waals surface area contributed by atoms with E-state index in [0.29, 0.717) is 0 Å². The predicted molar refractivity (Wildman–Crippen MR) is 65.4 cm³/mol. The van der Waals surface area contributed by atoms with Gasteiger partial charge in [0.15, 0.2) is 11.8 Å². The molecule has 18 heavy (non-hydrogen) atoms. The molecule has 1 unspecified atom stereocenters. The van der Waals surface area contributed by atoms with Gasteiger partial charge >= 0.3 is 0 Å². The first-order chi connectivity index (χ1) is 8.39. The first-order valence-corrected chi connectivity index (χ1v) is 6.06. The van der Waals surface area contributed by atoms with Gasteiger partial charge in [0.05, 0.1) is 16.9 Å². The summed E-state index contributed by atoms with van der Waals surface area (Å²) < 4.78 is 14.0. The Labute approximate surface area is 107 Å². The molecule has 1 aromatic rings. The molecule has 5 nitrogen and oxygen atoms in total. The topological polar surface area (TPSA) is 82.5 Å². The maximum absolute atomic E-state index is 14.0. The van der Waals surface area contributed by atoms with E-state index in [1.54, 1.807) is 13.0 Å². The van der Waals surface area contributed by atoms with Crippen LogP contribution in [0.4, 0.5) is 4.39 Å². The van der Waals surface area contributed by atoms with E-state index in [4.69, 9.17) is 11.0 Å². The van der Waals surface area contributed by atoms with Gasteiger partial charge in [-0.1, -0.05) is 0 Å². The lowest BCUT2D eigenvalue weighted by atomic mass is 9.93. The van der Waals surface area contributed by atoms with E-state index in [9.17, 15) is 9.18 Å². The van der Waals surface area contributed by atoms with E-state index in [0.717, 1.165) is 11.3 Å². The van der Waals surface area contributed by atoms with Crippen molar-refractivity contribution in [3.05, 3.63) is 21.6 Å². The van der Waals surface area contributed by atoms with Gasteiger partial charge in [0.1, 0.15) is 11.6 Å². The predicted octanol–water partition coefficient (Wildman–Crippen LogP) is 1.15. The van der Waals surface area contributed by atoms with E-state index >= 15 is 0 Å². The summed E-state index contributed by atoms with van der Waals surface area (Å²) in [5.74, 6) is -0.782. The highest BCUT2D eigenvalue weighted by Crippen LogP contribution is 2.38. The monoisotopic (exact) mass is 266 g/mol. The molecule has 1 aliphatic heterocycles. The zero-order valence-electron chi connectivity index (χ0n) is 9.90. The summed E-state index contributed by atoms with van der Waals surface area (Å²) in [4.78, 5) is 17.4. The van der Waals surface area contributed by atoms with Crippen LogP contribution >= 0.6 is 11.3 Å². The van der Waals surface area contributed by atoms with E-state index in [1.807, 2.05) is 0 Å². The van der Waals surface area contributed by atoms with Crippen LogP contribution in [0.1, 0.15) is 23.8 Å². The normalized spacial score (nSPS) is 23.8. The molecule has 0 saturated heterocycles. The second-order valence-corrected chi connectivity index (χ2v) is 5.16. The van der Waals surface area contributed by atoms with Gasteiger partial charge in [-0.05, 0) is 6.92 Å². The molecule has 0 bridgehead atoms. The Morgan fingerprint density at radius 1 is 1.72 bits per heavy atom. The van der Waals surface area contributed by atoms with Crippen LogP contribution < -0.4 is 5.73 Å². The number of aliphatic imine (C=N–C) groups is 1. The molecule has 0 saturated carbocycles. The Morgan fingerprint density at radius 2 is 2.39 bits per heavy atom. The molecule has 2 heterocycles. The van der Waals surface area contributed by atoms with Crippen LogP contribution in [-0.2, 0) is 10.3 Å². The molecule has 1 amide bonds. The van der Waals surface area contributed by atoms with E-state index in [1.165, 1.54) is 17.3 Å². The third-order valence-electron chi connectivity index (χ3n) is 2.91. The molecule has 2 rings (SSSR count). The fourth-order valence-electron chi connectivity index (χ4n) is 1.82. The molecule has 94 valence electrons. The van der Waals surface area contributed by atoms with Crippen molar-refractivity contribution in [1.82, 2.24) is 4.90 Å². The second-order valence-electron chi connectivity index (χ2n) is 4.28. The Kier molecular flexibility index (Phi) is 2.83. The summed E-state index contributed by atoms with van der Waals surface area (Å²) in [5.41, 5.74) is 4.58. The summed E-state index contributed by atoms with van der Waals surface area (Å²) in [5, 5.41) is 10.2. The van der Waals surface area contributed by atoms with Gasteiger partial charge < -0.3 is 5.73 Å². The molecular formula is C11H11FN4OS. The first kappa shape index (κ1) is 12.5. The van der Waals surface area contributed by atoms with Crippen molar-refractivity contribution in [3.63, 3.8) is 0 Å².